The van der Waals surface area contributed by atoms with Crippen LogP contribution < -0.4 is 0 Å². The molecular weight excluding hydrogens is 825 g/mol. The number of carbonyl (C=O) groups excluding carboxylic acids is 2. The monoisotopic (exact) mass is 923 g/mol. The van der Waals surface area contributed by atoms with Crippen LogP contribution in [0.3, 0.4) is 0 Å². The Hall–Kier alpha value is -4.22. The highest BCUT2D eigenvalue weighted by Gasteiger charge is 2.16. The van der Waals surface area contributed by atoms with E-state index < -0.39 is 6.10 Å². The maximum atomic E-state index is 12.3. The number of allylic oxidation sites excluding steroid dienone is 24. The smallest absolute Gasteiger partial charge is 0.306 e. The second-order valence-electron chi connectivity index (χ2n) is 17.2. The SMILES string of the molecule is CC/C=C\C/C=C\C/C=C\C/C=C\C/C=C\C/C=C\C/C=C\C/C=C\C/C=C\C/C=C\CCCCCCCCC(=O)OC(CO)COC(=O)CCCCCCC/C=C\C/C=C\CCCCCC. The van der Waals surface area contributed by atoms with E-state index in [1.54, 1.807) is 0 Å². The van der Waals surface area contributed by atoms with Gasteiger partial charge in [0.25, 0.3) is 0 Å². The zero-order chi connectivity index (χ0) is 48.5. The fourth-order valence-corrected chi connectivity index (χ4v) is 6.85. The lowest BCUT2D eigenvalue weighted by atomic mass is 10.1. The molecule has 0 radical (unpaired) electrons. The third-order valence-corrected chi connectivity index (χ3v) is 10.9. The van der Waals surface area contributed by atoms with Crippen molar-refractivity contribution in [2.75, 3.05) is 13.2 Å². The summed E-state index contributed by atoms with van der Waals surface area (Å²) in [5, 5.41) is 9.62. The highest BCUT2D eigenvalue weighted by Crippen LogP contribution is 2.12. The molecule has 0 heterocycles. The van der Waals surface area contributed by atoms with Gasteiger partial charge in [-0.05, 0) is 122 Å². The van der Waals surface area contributed by atoms with Crippen LogP contribution >= 0.6 is 0 Å². The minimum Gasteiger partial charge on any atom is -0.462 e. The second-order valence-corrected chi connectivity index (χ2v) is 17.2. The highest BCUT2D eigenvalue weighted by molar-refractivity contribution is 5.70. The van der Waals surface area contributed by atoms with Crippen molar-refractivity contribution < 1.29 is 24.2 Å². The van der Waals surface area contributed by atoms with E-state index in [1.807, 2.05) is 0 Å². The molecule has 0 saturated heterocycles. The predicted octanol–water partition coefficient (Wildman–Crippen LogP) is 18.2. The number of carbonyl (C=O) groups is 2. The summed E-state index contributed by atoms with van der Waals surface area (Å²) < 4.78 is 10.6. The number of unbranched alkanes of at least 4 members (excludes halogenated alkanes) is 15. The van der Waals surface area contributed by atoms with Gasteiger partial charge in [0.2, 0.25) is 0 Å². The minimum absolute atomic E-state index is 0.0880. The Kier molecular flexibility index (Phi) is 52.6. The van der Waals surface area contributed by atoms with Crippen molar-refractivity contribution in [2.24, 2.45) is 0 Å². The van der Waals surface area contributed by atoms with Crippen LogP contribution in [0.2, 0.25) is 0 Å². The molecule has 0 amide bonds. The van der Waals surface area contributed by atoms with Crippen molar-refractivity contribution in [3.63, 3.8) is 0 Å². The van der Waals surface area contributed by atoms with E-state index in [4.69, 9.17) is 9.47 Å². The lowest BCUT2D eigenvalue weighted by molar-refractivity contribution is -0.161. The van der Waals surface area contributed by atoms with Crippen molar-refractivity contribution in [3.8, 4) is 0 Å². The molecule has 0 rings (SSSR count). The molecule has 0 aromatic carbocycles. The summed E-state index contributed by atoms with van der Waals surface area (Å²) in [5.74, 6) is -0.634. The Morgan fingerprint density at radius 1 is 0.358 bits per heavy atom. The van der Waals surface area contributed by atoms with Crippen LogP contribution in [0.5, 0.6) is 0 Å². The normalized spacial score (nSPS) is 13.4. The number of hydrogen-bond donors (Lipinski definition) is 1. The van der Waals surface area contributed by atoms with E-state index >= 15 is 0 Å². The fourth-order valence-electron chi connectivity index (χ4n) is 6.85. The maximum Gasteiger partial charge on any atom is 0.306 e. The predicted molar refractivity (Wildman–Crippen MR) is 292 cm³/mol. The first-order valence-corrected chi connectivity index (χ1v) is 26.9. The number of rotatable bonds is 47. The molecule has 1 atom stereocenters. The van der Waals surface area contributed by atoms with Crippen molar-refractivity contribution in [1.82, 2.24) is 0 Å². The van der Waals surface area contributed by atoms with Crippen LogP contribution in [-0.4, -0.2) is 36.4 Å². The van der Waals surface area contributed by atoms with E-state index in [-0.39, 0.29) is 25.2 Å². The van der Waals surface area contributed by atoms with Crippen molar-refractivity contribution >= 4 is 11.9 Å². The van der Waals surface area contributed by atoms with Gasteiger partial charge in [0, 0.05) is 12.8 Å². The Labute approximate surface area is 412 Å². The first-order chi connectivity index (χ1) is 33.1. The van der Waals surface area contributed by atoms with Gasteiger partial charge in [-0.3, -0.25) is 9.59 Å². The second kappa shape index (κ2) is 56.1. The zero-order valence-electron chi connectivity index (χ0n) is 42.8. The third kappa shape index (κ3) is 54.3. The lowest BCUT2D eigenvalue weighted by Gasteiger charge is -2.15. The van der Waals surface area contributed by atoms with Crippen LogP contribution in [0.1, 0.15) is 213 Å². The molecule has 67 heavy (non-hydrogen) atoms. The quantitative estimate of drug-likeness (QED) is 0.0374. The van der Waals surface area contributed by atoms with Gasteiger partial charge in [-0.2, -0.15) is 0 Å². The zero-order valence-corrected chi connectivity index (χ0v) is 42.8. The Bertz CT molecular complexity index is 1460. The van der Waals surface area contributed by atoms with E-state index in [1.165, 1.54) is 51.4 Å². The van der Waals surface area contributed by atoms with Gasteiger partial charge in [0.1, 0.15) is 6.61 Å². The molecule has 0 bridgehead atoms. The van der Waals surface area contributed by atoms with Crippen molar-refractivity contribution in [3.05, 3.63) is 146 Å². The van der Waals surface area contributed by atoms with Gasteiger partial charge >= 0.3 is 11.9 Å². The van der Waals surface area contributed by atoms with Gasteiger partial charge in [-0.1, -0.05) is 224 Å². The summed E-state index contributed by atoms with van der Waals surface area (Å²) in [6, 6.07) is 0. The van der Waals surface area contributed by atoms with Gasteiger partial charge in [0.15, 0.2) is 6.10 Å². The molecule has 1 unspecified atom stereocenters. The summed E-state index contributed by atoms with van der Waals surface area (Å²) >= 11 is 0. The number of esters is 2. The molecule has 5 nitrogen and oxygen atoms in total. The largest absolute Gasteiger partial charge is 0.462 e. The summed E-state index contributed by atoms with van der Waals surface area (Å²) in [4.78, 5) is 24.4. The van der Waals surface area contributed by atoms with Crippen LogP contribution in [0, 0.1) is 0 Å². The van der Waals surface area contributed by atoms with Gasteiger partial charge in [0.05, 0.1) is 6.61 Å². The number of hydrogen-bond acceptors (Lipinski definition) is 5. The van der Waals surface area contributed by atoms with E-state index in [2.05, 4.69) is 160 Å². The fraction of sp³-hybridized carbons (Fsp3) is 0.581. The molecule has 0 aliphatic heterocycles. The summed E-state index contributed by atoms with van der Waals surface area (Å²) in [6.45, 7) is 3.97. The van der Waals surface area contributed by atoms with E-state index in [0.29, 0.717) is 12.8 Å². The average Bonchev–Trinajstić information content (AvgIpc) is 3.33. The molecule has 0 aromatic heterocycles. The molecule has 1 N–H and O–H groups in total. The van der Waals surface area contributed by atoms with Crippen molar-refractivity contribution in [1.29, 1.82) is 0 Å². The van der Waals surface area contributed by atoms with Crippen LogP contribution in [0.25, 0.3) is 0 Å². The highest BCUT2D eigenvalue weighted by atomic mass is 16.6. The topological polar surface area (TPSA) is 72.8 Å². The molecular formula is C62H98O5. The van der Waals surface area contributed by atoms with Crippen LogP contribution in [0.4, 0.5) is 0 Å². The number of ether oxygens (including phenoxy) is 2. The first kappa shape index (κ1) is 62.8. The van der Waals surface area contributed by atoms with Crippen molar-refractivity contribution in [2.45, 2.75) is 219 Å². The molecule has 0 fully saturated rings. The molecule has 0 saturated carbocycles. The first-order valence-electron chi connectivity index (χ1n) is 26.9. The van der Waals surface area contributed by atoms with E-state index in [9.17, 15) is 14.7 Å². The molecule has 0 spiro atoms. The molecule has 0 aliphatic rings. The summed E-state index contributed by atoms with van der Waals surface area (Å²) in [5.41, 5.74) is 0. The van der Waals surface area contributed by atoms with Crippen LogP contribution in [0.15, 0.2) is 146 Å². The van der Waals surface area contributed by atoms with Crippen LogP contribution in [-0.2, 0) is 19.1 Å². The molecule has 0 aromatic rings. The Morgan fingerprint density at radius 3 is 0.970 bits per heavy atom. The van der Waals surface area contributed by atoms with E-state index in [0.717, 1.165) is 135 Å². The molecule has 5 heteroatoms. The van der Waals surface area contributed by atoms with Gasteiger partial charge in [-0.15, -0.1) is 0 Å². The Morgan fingerprint density at radius 2 is 0.642 bits per heavy atom. The van der Waals surface area contributed by atoms with Gasteiger partial charge < -0.3 is 14.6 Å². The molecule has 376 valence electrons. The summed E-state index contributed by atoms with van der Waals surface area (Å²) in [7, 11) is 0. The number of aliphatic hydroxyl groups is 1. The Balaban J connectivity index is 3.66. The van der Waals surface area contributed by atoms with Gasteiger partial charge in [-0.25, -0.2) is 0 Å². The average molecular weight is 923 g/mol. The number of aliphatic hydroxyl groups excluding tert-OH is 1. The molecule has 0 aliphatic carbocycles. The maximum absolute atomic E-state index is 12.3. The standard InChI is InChI=1S/C62H98O5/c1-3-5-7-9-11-13-15-17-19-21-22-23-24-25-26-27-28-29-30-31-32-33-34-35-36-37-38-39-40-41-43-45-47-49-51-53-55-57-62(65)67-60(58-63)59-66-61(64)56-54-52-50-48-46-44-42-20-18-16-14-12-10-8-6-4-2/h5,7,11,13-14,16-17,19-20,22-23,25-26,28-29,31-32,34-35,37-38,40-42,60,63H,3-4,6,8-10,12,15,18,21,24,27,30,33,36,39,43-59H2,1-2H3/b7-5-,13-11-,16-14-,19-17-,23-22-,26-25-,29-28-,32-31-,35-34-,38-37-,41-40-,42-20-. The summed E-state index contributed by atoms with van der Waals surface area (Å²) in [6.07, 6.45) is 85.1. The minimum atomic E-state index is -0.796. The third-order valence-electron chi connectivity index (χ3n) is 10.9. The lowest BCUT2D eigenvalue weighted by Crippen LogP contribution is -2.28.